The summed E-state index contributed by atoms with van der Waals surface area (Å²) in [5.74, 6) is -2.22. The molecule has 1 atom stereocenters. The van der Waals surface area contributed by atoms with Gasteiger partial charge in [-0.3, -0.25) is 9.59 Å². The van der Waals surface area contributed by atoms with Gasteiger partial charge < -0.3 is 5.11 Å². The Morgan fingerprint density at radius 3 is 2.21 bits per heavy atom. The van der Waals surface area contributed by atoms with Crippen LogP contribution in [0.4, 0.5) is 0 Å². The van der Waals surface area contributed by atoms with Gasteiger partial charge in [0.2, 0.25) is 0 Å². The lowest BCUT2D eigenvalue weighted by Gasteiger charge is -2.23. The summed E-state index contributed by atoms with van der Waals surface area (Å²) in [6.45, 7) is 0. The highest BCUT2D eigenvalue weighted by Crippen LogP contribution is 2.30. The van der Waals surface area contributed by atoms with Crippen LogP contribution in [0, 0.1) is 9.49 Å². The Balaban J connectivity index is 2.22. The summed E-state index contributed by atoms with van der Waals surface area (Å²) in [6, 6.07) is 7.20. The standard InChI is InChI=1S/C15H17IO3/c16-12-8-6-10(7-9-12)13(15(18)19)14(17)11-4-2-1-3-5-11/h6-9,11,13H,1-5H2,(H,18,19). The fourth-order valence-corrected chi connectivity index (χ4v) is 3.07. The number of carbonyl (C=O) groups is 2. The molecular weight excluding hydrogens is 355 g/mol. The number of rotatable bonds is 4. The molecule has 0 amide bonds. The van der Waals surface area contributed by atoms with Gasteiger partial charge in [0.25, 0.3) is 0 Å². The van der Waals surface area contributed by atoms with Crippen molar-refractivity contribution in [3.63, 3.8) is 0 Å². The lowest BCUT2D eigenvalue weighted by molar-refractivity contribution is -0.144. The summed E-state index contributed by atoms with van der Waals surface area (Å²) in [6.07, 6.45) is 4.91. The normalized spacial score (nSPS) is 17.9. The number of hydrogen-bond donors (Lipinski definition) is 1. The molecule has 3 nitrogen and oxygen atoms in total. The predicted molar refractivity (Wildman–Crippen MR) is 81.1 cm³/mol. The van der Waals surface area contributed by atoms with Gasteiger partial charge in [-0.25, -0.2) is 0 Å². The van der Waals surface area contributed by atoms with Gasteiger partial charge in [-0.1, -0.05) is 31.4 Å². The first-order chi connectivity index (χ1) is 9.09. The number of carbonyl (C=O) groups excluding carboxylic acids is 1. The predicted octanol–water partition coefficient (Wildman–Crippen LogP) is 3.61. The van der Waals surface area contributed by atoms with E-state index in [4.69, 9.17) is 0 Å². The molecule has 1 N–H and O–H groups in total. The van der Waals surface area contributed by atoms with Crippen LogP contribution in [0.5, 0.6) is 0 Å². The lowest BCUT2D eigenvalue weighted by Crippen LogP contribution is -2.29. The fourth-order valence-electron chi connectivity index (χ4n) is 2.71. The number of hydrogen-bond acceptors (Lipinski definition) is 2. The Morgan fingerprint density at radius 1 is 1.11 bits per heavy atom. The second-order valence-corrected chi connectivity index (χ2v) is 6.31. The number of carboxylic acids is 1. The van der Waals surface area contributed by atoms with Crippen LogP contribution in [0.2, 0.25) is 0 Å². The second kappa shape index (κ2) is 6.50. The van der Waals surface area contributed by atoms with Gasteiger partial charge in [-0.15, -0.1) is 0 Å². The first kappa shape index (κ1) is 14.5. The van der Waals surface area contributed by atoms with E-state index >= 15 is 0 Å². The average Bonchev–Trinajstić information content (AvgIpc) is 2.42. The minimum atomic E-state index is -1.03. The monoisotopic (exact) mass is 372 g/mol. The number of halogens is 1. The van der Waals surface area contributed by atoms with E-state index in [1.165, 1.54) is 0 Å². The van der Waals surface area contributed by atoms with Crippen LogP contribution in [-0.2, 0) is 9.59 Å². The third-order valence-corrected chi connectivity index (χ3v) is 4.46. The molecule has 1 aromatic rings. The Bertz CT molecular complexity index is 461. The Hall–Kier alpha value is -0.910. The molecule has 0 aromatic heterocycles. The fraction of sp³-hybridized carbons (Fsp3) is 0.467. The molecule has 1 aliphatic carbocycles. The molecule has 0 aliphatic heterocycles. The molecule has 0 heterocycles. The summed E-state index contributed by atoms with van der Waals surface area (Å²) >= 11 is 2.17. The highest BCUT2D eigenvalue weighted by molar-refractivity contribution is 14.1. The molecule has 0 saturated heterocycles. The molecule has 0 spiro atoms. The second-order valence-electron chi connectivity index (χ2n) is 5.06. The molecule has 102 valence electrons. The van der Waals surface area contributed by atoms with Gasteiger partial charge in [0.15, 0.2) is 5.78 Å². The molecule has 0 radical (unpaired) electrons. The quantitative estimate of drug-likeness (QED) is 0.649. The smallest absolute Gasteiger partial charge is 0.318 e. The minimum absolute atomic E-state index is 0.0749. The molecule has 4 heteroatoms. The summed E-state index contributed by atoms with van der Waals surface area (Å²) in [4.78, 5) is 23.9. The van der Waals surface area contributed by atoms with E-state index in [1.807, 2.05) is 12.1 Å². The third kappa shape index (κ3) is 3.55. The molecule has 1 unspecified atom stereocenters. The van der Waals surface area contributed by atoms with Gasteiger partial charge in [-0.05, 0) is 53.1 Å². The first-order valence-corrected chi connectivity index (χ1v) is 7.69. The van der Waals surface area contributed by atoms with Crippen molar-refractivity contribution in [2.45, 2.75) is 38.0 Å². The maximum Gasteiger partial charge on any atom is 0.318 e. The van der Waals surface area contributed by atoms with Crippen LogP contribution < -0.4 is 0 Å². The molecule has 1 saturated carbocycles. The molecule has 1 aliphatic rings. The maximum atomic E-state index is 12.4. The van der Waals surface area contributed by atoms with E-state index in [1.54, 1.807) is 12.1 Å². The van der Waals surface area contributed by atoms with Crippen LogP contribution in [0.3, 0.4) is 0 Å². The van der Waals surface area contributed by atoms with Crippen molar-refractivity contribution in [2.24, 2.45) is 5.92 Å². The van der Waals surface area contributed by atoms with Gasteiger partial charge >= 0.3 is 5.97 Å². The summed E-state index contributed by atoms with van der Waals surface area (Å²) < 4.78 is 1.04. The maximum absolute atomic E-state index is 12.4. The number of ketones is 1. The van der Waals surface area contributed by atoms with Gasteiger partial charge in [0.05, 0.1) is 0 Å². The third-order valence-electron chi connectivity index (χ3n) is 3.74. The van der Waals surface area contributed by atoms with Crippen LogP contribution in [0.15, 0.2) is 24.3 Å². The molecule has 19 heavy (non-hydrogen) atoms. The van der Waals surface area contributed by atoms with Gasteiger partial charge in [0, 0.05) is 9.49 Å². The van der Waals surface area contributed by atoms with Gasteiger partial charge in [-0.2, -0.15) is 0 Å². The van der Waals surface area contributed by atoms with E-state index in [9.17, 15) is 14.7 Å². The van der Waals surface area contributed by atoms with Gasteiger partial charge in [0.1, 0.15) is 5.92 Å². The SMILES string of the molecule is O=C(O)C(C(=O)C1CCCCC1)c1ccc(I)cc1. The van der Waals surface area contributed by atoms with Crippen molar-refractivity contribution in [1.29, 1.82) is 0 Å². The molecule has 1 aromatic carbocycles. The van der Waals surface area contributed by atoms with E-state index in [2.05, 4.69) is 22.6 Å². The van der Waals surface area contributed by atoms with Crippen LogP contribution in [-0.4, -0.2) is 16.9 Å². The van der Waals surface area contributed by atoms with Crippen molar-refractivity contribution in [3.8, 4) is 0 Å². The zero-order valence-electron chi connectivity index (χ0n) is 10.6. The minimum Gasteiger partial charge on any atom is -0.480 e. The average molecular weight is 372 g/mol. The van der Waals surface area contributed by atoms with Crippen LogP contribution in [0.25, 0.3) is 0 Å². The van der Waals surface area contributed by atoms with Crippen molar-refractivity contribution in [3.05, 3.63) is 33.4 Å². The topological polar surface area (TPSA) is 54.4 Å². The highest BCUT2D eigenvalue weighted by Gasteiger charge is 2.34. The molecule has 2 rings (SSSR count). The number of Topliss-reactive ketones (excluding diaryl/α,β-unsaturated/α-hetero) is 1. The lowest BCUT2D eigenvalue weighted by atomic mass is 9.79. The Morgan fingerprint density at radius 2 is 1.68 bits per heavy atom. The van der Waals surface area contributed by atoms with Crippen LogP contribution >= 0.6 is 22.6 Å². The van der Waals surface area contributed by atoms with Crippen molar-refractivity contribution in [1.82, 2.24) is 0 Å². The molecule has 0 bridgehead atoms. The van der Waals surface area contributed by atoms with E-state index in [-0.39, 0.29) is 11.7 Å². The zero-order chi connectivity index (χ0) is 13.8. The number of benzene rings is 1. The molecule has 1 fully saturated rings. The largest absolute Gasteiger partial charge is 0.480 e. The highest BCUT2D eigenvalue weighted by atomic mass is 127. The van der Waals surface area contributed by atoms with Crippen molar-refractivity contribution in [2.75, 3.05) is 0 Å². The number of aliphatic carboxylic acids is 1. The van der Waals surface area contributed by atoms with E-state index < -0.39 is 11.9 Å². The summed E-state index contributed by atoms with van der Waals surface area (Å²) in [5.41, 5.74) is 0.600. The Labute approximate surface area is 126 Å². The summed E-state index contributed by atoms with van der Waals surface area (Å²) in [7, 11) is 0. The molecular formula is C15H17IO3. The number of carboxylic acid groups (broad SMARTS) is 1. The van der Waals surface area contributed by atoms with Crippen molar-refractivity contribution < 1.29 is 14.7 Å². The van der Waals surface area contributed by atoms with Crippen LogP contribution in [0.1, 0.15) is 43.6 Å². The Kier molecular flexibility index (Phi) is 4.96. The zero-order valence-corrected chi connectivity index (χ0v) is 12.8. The van der Waals surface area contributed by atoms with E-state index in [0.29, 0.717) is 5.56 Å². The summed E-state index contributed by atoms with van der Waals surface area (Å²) in [5, 5.41) is 9.37. The van der Waals surface area contributed by atoms with Crippen molar-refractivity contribution >= 4 is 34.3 Å². The van der Waals surface area contributed by atoms with E-state index in [0.717, 1.165) is 35.7 Å². The first-order valence-electron chi connectivity index (χ1n) is 6.61.